The molecule has 0 amide bonds. The van der Waals surface area contributed by atoms with Gasteiger partial charge in [-0.2, -0.15) is 5.10 Å². The zero-order valence-electron chi connectivity index (χ0n) is 11.5. The van der Waals surface area contributed by atoms with Crippen molar-refractivity contribution in [3.8, 4) is 0 Å². The van der Waals surface area contributed by atoms with Crippen LogP contribution in [-0.2, 0) is 32.5 Å². The van der Waals surface area contributed by atoms with E-state index in [4.69, 9.17) is 4.98 Å². The second-order valence-electron chi connectivity index (χ2n) is 5.02. The number of imidazole rings is 1. The standard InChI is InChI=1S/C14H21N5/c1-2-4-14-17-12-11-15-7-5-13(12)19(14)10-9-18-8-3-6-16-18/h3,6,8,15H,2,4-5,7,9-11H2,1H3. The monoisotopic (exact) mass is 259 g/mol. The van der Waals surface area contributed by atoms with Gasteiger partial charge >= 0.3 is 0 Å². The van der Waals surface area contributed by atoms with Crippen molar-refractivity contribution in [1.29, 1.82) is 0 Å². The Morgan fingerprint density at radius 2 is 2.32 bits per heavy atom. The van der Waals surface area contributed by atoms with Crippen LogP contribution in [0, 0.1) is 0 Å². The molecule has 1 N–H and O–H groups in total. The highest BCUT2D eigenvalue weighted by atomic mass is 15.3. The summed E-state index contributed by atoms with van der Waals surface area (Å²) in [5.74, 6) is 1.24. The summed E-state index contributed by atoms with van der Waals surface area (Å²) in [4.78, 5) is 4.81. The van der Waals surface area contributed by atoms with Crippen molar-refractivity contribution < 1.29 is 0 Å². The quantitative estimate of drug-likeness (QED) is 0.882. The molecule has 3 heterocycles. The topological polar surface area (TPSA) is 47.7 Å². The van der Waals surface area contributed by atoms with E-state index < -0.39 is 0 Å². The number of hydrogen-bond donors (Lipinski definition) is 1. The van der Waals surface area contributed by atoms with E-state index >= 15 is 0 Å². The van der Waals surface area contributed by atoms with E-state index in [2.05, 4.69) is 21.9 Å². The van der Waals surface area contributed by atoms with Crippen molar-refractivity contribution in [3.05, 3.63) is 35.7 Å². The third-order valence-corrected chi connectivity index (χ3v) is 3.65. The van der Waals surface area contributed by atoms with Crippen LogP contribution in [0.15, 0.2) is 18.5 Å². The molecule has 0 saturated heterocycles. The number of rotatable bonds is 5. The minimum absolute atomic E-state index is 0.917. The Morgan fingerprint density at radius 3 is 3.11 bits per heavy atom. The molecule has 0 bridgehead atoms. The first kappa shape index (κ1) is 12.4. The number of nitrogens with one attached hydrogen (secondary N) is 1. The van der Waals surface area contributed by atoms with E-state index in [-0.39, 0.29) is 0 Å². The summed E-state index contributed by atoms with van der Waals surface area (Å²) in [5.41, 5.74) is 2.67. The third-order valence-electron chi connectivity index (χ3n) is 3.65. The van der Waals surface area contributed by atoms with Gasteiger partial charge in [0.1, 0.15) is 5.82 Å². The van der Waals surface area contributed by atoms with Crippen LogP contribution in [0.2, 0.25) is 0 Å². The van der Waals surface area contributed by atoms with Gasteiger partial charge in [0, 0.05) is 50.6 Å². The first-order valence-electron chi connectivity index (χ1n) is 7.13. The van der Waals surface area contributed by atoms with Gasteiger partial charge < -0.3 is 9.88 Å². The number of aromatic nitrogens is 4. The predicted molar refractivity (Wildman–Crippen MR) is 73.9 cm³/mol. The average molecular weight is 259 g/mol. The van der Waals surface area contributed by atoms with Gasteiger partial charge in [-0.15, -0.1) is 0 Å². The molecule has 19 heavy (non-hydrogen) atoms. The fourth-order valence-electron chi connectivity index (χ4n) is 2.74. The smallest absolute Gasteiger partial charge is 0.109 e. The molecule has 2 aromatic heterocycles. The highest BCUT2D eigenvalue weighted by Crippen LogP contribution is 2.17. The SMILES string of the molecule is CCCc1nc2c(n1CCn1cccn1)CCNC2. The Kier molecular flexibility index (Phi) is 3.64. The number of fused-ring (bicyclic) bond motifs is 1. The maximum absolute atomic E-state index is 4.81. The van der Waals surface area contributed by atoms with Crippen LogP contribution < -0.4 is 5.32 Å². The Hall–Kier alpha value is -1.62. The molecule has 0 atom stereocenters. The van der Waals surface area contributed by atoms with Crippen molar-refractivity contribution >= 4 is 0 Å². The lowest BCUT2D eigenvalue weighted by atomic mass is 10.2. The number of aryl methyl sites for hydroxylation is 2. The normalized spacial score (nSPS) is 14.6. The van der Waals surface area contributed by atoms with E-state index in [0.717, 1.165) is 45.4 Å². The van der Waals surface area contributed by atoms with Crippen LogP contribution >= 0.6 is 0 Å². The molecule has 0 aromatic carbocycles. The molecular formula is C14H21N5. The Balaban J connectivity index is 1.82. The van der Waals surface area contributed by atoms with Gasteiger partial charge in [0.05, 0.1) is 12.2 Å². The molecule has 0 unspecified atom stereocenters. The maximum atomic E-state index is 4.81. The minimum atomic E-state index is 0.917. The maximum Gasteiger partial charge on any atom is 0.109 e. The summed E-state index contributed by atoms with van der Waals surface area (Å²) >= 11 is 0. The fraction of sp³-hybridized carbons (Fsp3) is 0.571. The Bertz CT molecular complexity index is 526. The molecule has 5 nitrogen and oxygen atoms in total. The van der Waals surface area contributed by atoms with Gasteiger partial charge in [-0.3, -0.25) is 4.68 Å². The molecule has 0 spiro atoms. The van der Waals surface area contributed by atoms with E-state index in [1.807, 2.05) is 23.1 Å². The van der Waals surface area contributed by atoms with Crippen LogP contribution in [0.5, 0.6) is 0 Å². The molecule has 102 valence electrons. The third kappa shape index (κ3) is 2.56. The molecule has 0 radical (unpaired) electrons. The Morgan fingerprint density at radius 1 is 1.37 bits per heavy atom. The highest BCUT2D eigenvalue weighted by molar-refractivity contribution is 5.20. The van der Waals surface area contributed by atoms with Crippen LogP contribution in [0.1, 0.15) is 30.6 Å². The van der Waals surface area contributed by atoms with Crippen molar-refractivity contribution in [3.63, 3.8) is 0 Å². The fourth-order valence-corrected chi connectivity index (χ4v) is 2.74. The van der Waals surface area contributed by atoms with E-state index in [1.54, 1.807) is 0 Å². The number of hydrogen-bond acceptors (Lipinski definition) is 3. The van der Waals surface area contributed by atoms with E-state index in [0.29, 0.717) is 0 Å². The zero-order chi connectivity index (χ0) is 13.1. The van der Waals surface area contributed by atoms with E-state index in [9.17, 15) is 0 Å². The van der Waals surface area contributed by atoms with Crippen molar-refractivity contribution in [2.45, 2.75) is 45.8 Å². The van der Waals surface area contributed by atoms with Crippen LogP contribution in [0.25, 0.3) is 0 Å². The molecule has 0 saturated carbocycles. The lowest BCUT2D eigenvalue weighted by molar-refractivity contribution is 0.499. The molecule has 1 aliphatic heterocycles. The number of nitrogens with zero attached hydrogens (tertiary/aromatic N) is 4. The van der Waals surface area contributed by atoms with Crippen molar-refractivity contribution in [1.82, 2.24) is 24.6 Å². The molecule has 0 aliphatic carbocycles. The zero-order valence-corrected chi connectivity index (χ0v) is 11.5. The summed E-state index contributed by atoms with van der Waals surface area (Å²) < 4.78 is 4.41. The molecule has 3 rings (SSSR count). The first-order chi connectivity index (χ1) is 9.38. The van der Waals surface area contributed by atoms with E-state index in [1.165, 1.54) is 17.2 Å². The molecule has 1 aliphatic rings. The second kappa shape index (κ2) is 5.57. The summed E-state index contributed by atoms with van der Waals surface area (Å²) in [6.45, 7) is 6.08. The van der Waals surface area contributed by atoms with Gasteiger partial charge in [0.15, 0.2) is 0 Å². The average Bonchev–Trinajstić information content (AvgIpc) is 3.04. The van der Waals surface area contributed by atoms with Crippen molar-refractivity contribution in [2.75, 3.05) is 6.54 Å². The minimum Gasteiger partial charge on any atom is -0.330 e. The lowest BCUT2D eigenvalue weighted by Gasteiger charge is -2.16. The van der Waals surface area contributed by atoms with Gasteiger partial charge in [0.2, 0.25) is 0 Å². The molecule has 2 aromatic rings. The van der Waals surface area contributed by atoms with Gasteiger partial charge in [-0.1, -0.05) is 6.92 Å². The molecule has 0 fully saturated rings. The van der Waals surface area contributed by atoms with Crippen molar-refractivity contribution in [2.24, 2.45) is 0 Å². The van der Waals surface area contributed by atoms with Gasteiger partial charge in [0.25, 0.3) is 0 Å². The highest BCUT2D eigenvalue weighted by Gasteiger charge is 2.18. The van der Waals surface area contributed by atoms with Crippen LogP contribution in [-0.4, -0.2) is 25.9 Å². The van der Waals surface area contributed by atoms with Gasteiger partial charge in [-0.05, 0) is 12.5 Å². The predicted octanol–water partition coefficient (Wildman–Crippen LogP) is 1.38. The largest absolute Gasteiger partial charge is 0.330 e. The van der Waals surface area contributed by atoms with Crippen LogP contribution in [0.3, 0.4) is 0 Å². The summed E-state index contributed by atoms with van der Waals surface area (Å²) in [7, 11) is 0. The van der Waals surface area contributed by atoms with Crippen LogP contribution in [0.4, 0.5) is 0 Å². The Labute approximate surface area is 113 Å². The second-order valence-corrected chi connectivity index (χ2v) is 5.02. The molecule has 5 heteroatoms. The summed E-state index contributed by atoms with van der Waals surface area (Å²) in [6.07, 6.45) is 7.15. The lowest BCUT2D eigenvalue weighted by Crippen LogP contribution is -2.25. The summed E-state index contributed by atoms with van der Waals surface area (Å²) in [6, 6.07) is 1.97. The molecular weight excluding hydrogens is 238 g/mol. The first-order valence-corrected chi connectivity index (χ1v) is 7.13. The summed E-state index contributed by atoms with van der Waals surface area (Å²) in [5, 5.41) is 7.67. The van der Waals surface area contributed by atoms with Gasteiger partial charge in [-0.25, -0.2) is 4.98 Å².